The van der Waals surface area contributed by atoms with Crippen molar-refractivity contribution < 1.29 is 4.74 Å². The number of fused-ring (bicyclic) bond motifs is 5. The maximum Gasteiger partial charge on any atom is 0.225 e. The average Bonchev–Trinajstić information content (AvgIpc) is 2.86. The summed E-state index contributed by atoms with van der Waals surface area (Å²) in [7, 11) is 1.79. The zero-order chi connectivity index (χ0) is 23.6. The van der Waals surface area contributed by atoms with Crippen LogP contribution in [0.1, 0.15) is 44.6 Å². The van der Waals surface area contributed by atoms with E-state index in [0.29, 0.717) is 12.5 Å². The first-order chi connectivity index (χ1) is 16.7. The first kappa shape index (κ1) is 23.5. The van der Waals surface area contributed by atoms with Crippen LogP contribution < -0.4 is 15.4 Å². The molecule has 2 aromatic carbocycles. The number of hydrogen-bond donors (Lipinski definition) is 2. The van der Waals surface area contributed by atoms with Gasteiger partial charge in [-0.05, 0) is 63.3 Å². The molecule has 0 amide bonds. The van der Waals surface area contributed by atoms with Crippen LogP contribution >= 0.6 is 0 Å². The van der Waals surface area contributed by atoms with Gasteiger partial charge in [-0.15, -0.1) is 0 Å². The largest absolute Gasteiger partial charge is 0.493 e. The number of benzene rings is 2. The van der Waals surface area contributed by atoms with Gasteiger partial charge in [0.25, 0.3) is 0 Å². The van der Waals surface area contributed by atoms with Gasteiger partial charge in [-0.3, -0.25) is 4.99 Å². The van der Waals surface area contributed by atoms with Crippen molar-refractivity contribution in [3.63, 3.8) is 0 Å². The highest BCUT2D eigenvalue weighted by Gasteiger charge is 2.10. The lowest BCUT2D eigenvalue weighted by atomic mass is 10.1. The molecule has 1 aliphatic rings. The van der Waals surface area contributed by atoms with Crippen molar-refractivity contribution in [2.45, 2.75) is 45.6 Å². The van der Waals surface area contributed by atoms with Crippen LogP contribution in [0, 0.1) is 0 Å². The van der Waals surface area contributed by atoms with Gasteiger partial charge in [0.1, 0.15) is 17.4 Å². The summed E-state index contributed by atoms with van der Waals surface area (Å²) >= 11 is 0. The lowest BCUT2D eigenvalue weighted by Crippen LogP contribution is -2.13. The summed E-state index contributed by atoms with van der Waals surface area (Å²) in [5, 5.41) is 7.76. The Morgan fingerprint density at radius 1 is 0.941 bits per heavy atom. The zero-order valence-corrected chi connectivity index (χ0v) is 20.1. The van der Waals surface area contributed by atoms with Gasteiger partial charge in [-0.25, -0.2) is 4.98 Å². The molecule has 0 saturated heterocycles. The number of aliphatic imine (C=N–C) groups is 1. The number of anilines is 2. The minimum Gasteiger partial charge on any atom is -0.493 e. The smallest absolute Gasteiger partial charge is 0.225 e. The second kappa shape index (κ2) is 12.0. The molecule has 0 aliphatic carbocycles. The lowest BCUT2D eigenvalue weighted by Gasteiger charge is -2.14. The molecule has 0 atom stereocenters. The fraction of sp³-hybridized carbons (Fsp3) is 0.321. The minimum atomic E-state index is 0.560. The fourth-order valence-corrected chi connectivity index (χ4v) is 3.90. The number of rotatable bonds is 0. The van der Waals surface area contributed by atoms with E-state index in [9.17, 15) is 0 Å². The van der Waals surface area contributed by atoms with Gasteiger partial charge < -0.3 is 15.4 Å². The van der Waals surface area contributed by atoms with Crippen LogP contribution in [-0.2, 0) is 6.54 Å². The van der Waals surface area contributed by atoms with Crippen LogP contribution in [0.25, 0.3) is 10.9 Å². The minimum absolute atomic E-state index is 0.560. The summed E-state index contributed by atoms with van der Waals surface area (Å²) < 4.78 is 6.10. The van der Waals surface area contributed by atoms with Crippen molar-refractivity contribution in [1.29, 1.82) is 0 Å². The van der Waals surface area contributed by atoms with Gasteiger partial charge in [0, 0.05) is 24.5 Å². The van der Waals surface area contributed by atoms with Crippen LogP contribution in [0.5, 0.6) is 5.75 Å². The van der Waals surface area contributed by atoms with Crippen molar-refractivity contribution in [2.75, 3.05) is 24.3 Å². The molecule has 4 rings (SSSR count). The number of allylic oxidation sites excluding steroid dienone is 3. The van der Waals surface area contributed by atoms with E-state index in [0.717, 1.165) is 66.2 Å². The Morgan fingerprint density at radius 3 is 2.71 bits per heavy atom. The first-order valence-corrected chi connectivity index (χ1v) is 12.0. The number of aromatic nitrogens is 2. The van der Waals surface area contributed by atoms with Crippen LogP contribution in [-0.4, -0.2) is 29.5 Å². The number of nitrogens with one attached hydrogen (secondary N) is 2. The predicted octanol–water partition coefficient (Wildman–Crippen LogP) is 6.53. The van der Waals surface area contributed by atoms with E-state index in [-0.39, 0.29) is 0 Å². The molecule has 0 spiro atoms. The summed E-state index contributed by atoms with van der Waals surface area (Å²) in [4.78, 5) is 14.0. The second-order valence-corrected chi connectivity index (χ2v) is 8.47. The predicted molar refractivity (Wildman–Crippen MR) is 142 cm³/mol. The van der Waals surface area contributed by atoms with Gasteiger partial charge >= 0.3 is 0 Å². The van der Waals surface area contributed by atoms with Gasteiger partial charge in [-0.1, -0.05) is 48.1 Å². The molecule has 176 valence electrons. The SMILES string of the molecule is CN=C1/C=C(\C)C/C=C\CCCCCOc2ccccc2CNc2nc(c3ccccc3n2)N1. The highest BCUT2D eigenvalue weighted by molar-refractivity contribution is 6.07. The highest BCUT2D eigenvalue weighted by Crippen LogP contribution is 2.24. The topological polar surface area (TPSA) is 71.4 Å². The monoisotopic (exact) mass is 455 g/mol. The van der Waals surface area contributed by atoms with E-state index >= 15 is 0 Å². The second-order valence-electron chi connectivity index (χ2n) is 8.47. The zero-order valence-electron chi connectivity index (χ0n) is 20.1. The molecule has 0 fully saturated rings. The molecule has 0 saturated carbocycles. The standard InChI is InChI=1S/C28H33N5O/c1-21-13-7-5-3-4-6-12-18-34-25-17-11-8-14-22(25)20-30-28-31-24-16-10-9-15-23(24)27(33-28)32-26(19-21)29-2/h5,7-11,14-17,19H,3-4,6,12-13,18,20H2,1-2H3,(H2,29,30,31,32,33)/b7-5-,21-19+. The summed E-state index contributed by atoms with van der Waals surface area (Å²) in [6, 6.07) is 16.2. The molecule has 34 heavy (non-hydrogen) atoms. The summed E-state index contributed by atoms with van der Waals surface area (Å²) in [5.41, 5.74) is 3.19. The third kappa shape index (κ3) is 6.44. The molecule has 6 heteroatoms. The quantitative estimate of drug-likeness (QED) is 0.377. The van der Waals surface area contributed by atoms with Crippen molar-refractivity contribution in [1.82, 2.24) is 9.97 Å². The van der Waals surface area contributed by atoms with Crippen molar-refractivity contribution in [3.8, 4) is 5.75 Å². The summed E-state index contributed by atoms with van der Waals surface area (Å²) in [5.74, 6) is 2.97. The normalized spacial score (nSPS) is 19.6. The molecule has 2 bridgehead atoms. The van der Waals surface area contributed by atoms with E-state index in [1.165, 1.54) is 12.0 Å². The molecule has 3 aromatic rings. The third-order valence-electron chi connectivity index (χ3n) is 5.76. The lowest BCUT2D eigenvalue weighted by molar-refractivity contribution is 0.303. The summed E-state index contributed by atoms with van der Waals surface area (Å²) in [6.45, 7) is 3.43. The number of ether oxygens (including phenoxy) is 1. The number of para-hydroxylation sites is 2. The van der Waals surface area contributed by atoms with E-state index in [4.69, 9.17) is 14.7 Å². The molecular formula is C28H33N5O. The van der Waals surface area contributed by atoms with Gasteiger partial charge in [-0.2, -0.15) is 4.98 Å². The Labute approximate surface area is 201 Å². The molecule has 0 unspecified atom stereocenters. The Bertz CT molecular complexity index is 1200. The number of nitrogens with zero attached hydrogens (tertiary/aromatic N) is 3. The maximum absolute atomic E-state index is 6.10. The molecule has 2 N–H and O–H groups in total. The van der Waals surface area contributed by atoms with E-state index in [1.807, 2.05) is 42.5 Å². The number of amidine groups is 1. The van der Waals surface area contributed by atoms with Crippen molar-refractivity contribution in [3.05, 3.63) is 77.9 Å². The Morgan fingerprint density at radius 2 is 1.79 bits per heavy atom. The van der Waals surface area contributed by atoms with Crippen LogP contribution in [0.3, 0.4) is 0 Å². The molecule has 1 aromatic heterocycles. The molecular weight excluding hydrogens is 422 g/mol. The Hall–Kier alpha value is -3.67. The van der Waals surface area contributed by atoms with Gasteiger partial charge in [0.05, 0.1) is 12.1 Å². The Balaban J connectivity index is 1.66. The third-order valence-corrected chi connectivity index (χ3v) is 5.76. The van der Waals surface area contributed by atoms with Crippen molar-refractivity contribution >= 4 is 28.5 Å². The van der Waals surface area contributed by atoms with Gasteiger partial charge in [0.15, 0.2) is 0 Å². The van der Waals surface area contributed by atoms with Crippen LogP contribution in [0.4, 0.5) is 11.8 Å². The summed E-state index contributed by atoms with van der Waals surface area (Å²) in [6.07, 6.45) is 12.0. The van der Waals surface area contributed by atoms with Gasteiger partial charge in [0.2, 0.25) is 5.95 Å². The Kier molecular flexibility index (Phi) is 8.27. The average molecular weight is 456 g/mol. The van der Waals surface area contributed by atoms with E-state index in [1.54, 1.807) is 7.05 Å². The highest BCUT2D eigenvalue weighted by atomic mass is 16.5. The van der Waals surface area contributed by atoms with Crippen molar-refractivity contribution in [2.24, 2.45) is 4.99 Å². The first-order valence-electron chi connectivity index (χ1n) is 12.0. The maximum atomic E-state index is 6.10. The molecule has 1 aliphatic heterocycles. The fourth-order valence-electron chi connectivity index (χ4n) is 3.90. The molecule has 0 radical (unpaired) electrons. The van der Waals surface area contributed by atoms with Crippen LogP contribution in [0.2, 0.25) is 0 Å². The van der Waals surface area contributed by atoms with E-state index < -0.39 is 0 Å². The van der Waals surface area contributed by atoms with E-state index in [2.05, 4.69) is 46.8 Å². The number of hydrogen-bond acceptors (Lipinski definition) is 5. The van der Waals surface area contributed by atoms with Crippen LogP contribution in [0.15, 0.2) is 77.3 Å². The molecule has 6 nitrogen and oxygen atoms in total. The molecule has 2 heterocycles.